The number of hydrogen-bond acceptors (Lipinski definition) is 7. The van der Waals surface area contributed by atoms with Crippen molar-refractivity contribution < 1.29 is 31.6 Å². The van der Waals surface area contributed by atoms with Gasteiger partial charge in [-0.05, 0) is 45.8 Å². The lowest BCUT2D eigenvalue weighted by Gasteiger charge is -2.30. The van der Waals surface area contributed by atoms with Gasteiger partial charge in [-0.1, -0.05) is 0 Å². The molecule has 3 aliphatic heterocycles. The van der Waals surface area contributed by atoms with E-state index in [2.05, 4.69) is 14.5 Å². The van der Waals surface area contributed by atoms with E-state index in [-0.39, 0.29) is 24.8 Å². The number of likely N-dealkylation sites (tertiary alicyclic amines) is 1. The molecule has 3 aliphatic rings. The quantitative estimate of drug-likeness (QED) is 0.539. The molecule has 12 heteroatoms. The number of rotatable bonds is 6. The molecule has 3 amide bonds. The SMILES string of the molecule is CN1CCC(C(=O)CNC(=O)[C@@H]2CC[C@@H]3CN2C(=O)N3OS(=O)(=O)O)CC1. The van der Waals surface area contributed by atoms with Gasteiger partial charge in [0.25, 0.3) is 0 Å². The van der Waals surface area contributed by atoms with Gasteiger partial charge in [-0.2, -0.15) is 13.5 Å². The van der Waals surface area contributed by atoms with Crippen molar-refractivity contribution in [2.45, 2.75) is 37.8 Å². The predicted molar refractivity (Wildman–Crippen MR) is 91.6 cm³/mol. The maximum Gasteiger partial charge on any atom is 0.418 e. The van der Waals surface area contributed by atoms with Crippen molar-refractivity contribution in [3.05, 3.63) is 0 Å². The van der Waals surface area contributed by atoms with E-state index in [9.17, 15) is 22.8 Å². The van der Waals surface area contributed by atoms with Gasteiger partial charge in [0.15, 0.2) is 5.78 Å². The Labute approximate surface area is 157 Å². The highest BCUT2D eigenvalue weighted by Gasteiger charge is 2.49. The van der Waals surface area contributed by atoms with Gasteiger partial charge in [-0.25, -0.2) is 4.79 Å². The number of amides is 3. The smallest absolute Gasteiger partial charge is 0.347 e. The predicted octanol–water partition coefficient (Wildman–Crippen LogP) is -0.983. The van der Waals surface area contributed by atoms with Crippen molar-refractivity contribution >= 4 is 28.1 Å². The zero-order chi connectivity index (χ0) is 19.8. The minimum absolute atomic E-state index is 0.0192. The number of piperidine rings is 2. The van der Waals surface area contributed by atoms with Crippen LogP contribution in [0.4, 0.5) is 4.79 Å². The molecule has 2 N–H and O–H groups in total. The topological polar surface area (TPSA) is 137 Å². The summed E-state index contributed by atoms with van der Waals surface area (Å²) in [6.07, 6.45) is 2.19. The van der Waals surface area contributed by atoms with Gasteiger partial charge in [0, 0.05) is 12.5 Å². The maximum atomic E-state index is 12.5. The van der Waals surface area contributed by atoms with Crippen LogP contribution in [0, 0.1) is 5.92 Å². The number of urea groups is 1. The van der Waals surface area contributed by atoms with Crippen LogP contribution in [0.1, 0.15) is 25.7 Å². The first-order valence-electron chi connectivity index (χ1n) is 8.91. The van der Waals surface area contributed by atoms with Crippen LogP contribution in [0.2, 0.25) is 0 Å². The van der Waals surface area contributed by atoms with E-state index in [1.54, 1.807) is 0 Å². The van der Waals surface area contributed by atoms with Gasteiger partial charge in [0.1, 0.15) is 6.04 Å². The van der Waals surface area contributed by atoms with Crippen molar-refractivity contribution in [1.29, 1.82) is 0 Å². The van der Waals surface area contributed by atoms with Crippen LogP contribution in [0.15, 0.2) is 0 Å². The number of nitrogens with one attached hydrogen (secondary N) is 1. The first-order valence-corrected chi connectivity index (χ1v) is 10.3. The van der Waals surface area contributed by atoms with Gasteiger partial charge in [-0.3, -0.25) is 14.1 Å². The summed E-state index contributed by atoms with van der Waals surface area (Å²) in [5, 5.41) is 3.19. The summed E-state index contributed by atoms with van der Waals surface area (Å²) in [7, 11) is -2.82. The van der Waals surface area contributed by atoms with Gasteiger partial charge in [-0.15, -0.1) is 4.28 Å². The highest BCUT2D eigenvalue weighted by atomic mass is 32.3. The van der Waals surface area contributed by atoms with Crippen molar-refractivity contribution in [3.63, 3.8) is 0 Å². The molecule has 3 heterocycles. The van der Waals surface area contributed by atoms with Gasteiger partial charge in [0.05, 0.1) is 12.6 Å². The zero-order valence-electron chi connectivity index (χ0n) is 15.0. The summed E-state index contributed by atoms with van der Waals surface area (Å²) in [6, 6.07) is -2.14. The molecule has 0 saturated carbocycles. The Morgan fingerprint density at radius 3 is 2.52 bits per heavy atom. The molecule has 0 radical (unpaired) electrons. The number of hydrogen-bond donors (Lipinski definition) is 2. The first-order chi connectivity index (χ1) is 12.7. The molecule has 0 spiro atoms. The van der Waals surface area contributed by atoms with Gasteiger partial charge >= 0.3 is 16.4 Å². The molecule has 0 unspecified atom stereocenters. The normalized spacial score (nSPS) is 27.1. The van der Waals surface area contributed by atoms with E-state index in [1.807, 2.05) is 7.05 Å². The van der Waals surface area contributed by atoms with Crippen molar-refractivity contribution in [1.82, 2.24) is 20.2 Å². The summed E-state index contributed by atoms with van der Waals surface area (Å²) in [5.41, 5.74) is 0. The Morgan fingerprint density at radius 1 is 1.22 bits per heavy atom. The lowest BCUT2D eigenvalue weighted by Crippen LogP contribution is -2.51. The second kappa shape index (κ2) is 7.70. The molecule has 0 aliphatic carbocycles. The molecule has 27 heavy (non-hydrogen) atoms. The standard InChI is InChI=1S/C15H24N4O7S/c1-17-6-4-10(5-7-17)13(20)8-16-14(21)12-3-2-11-9-18(12)15(22)19(11)26-27(23,24)25/h10-12H,2-9H2,1H3,(H,16,21)(H,23,24,25)/t11-,12+/m1/s1. The fourth-order valence-corrected chi connectivity index (χ4v) is 4.26. The van der Waals surface area contributed by atoms with Crippen LogP contribution < -0.4 is 5.32 Å². The molecule has 3 fully saturated rings. The third-order valence-electron chi connectivity index (χ3n) is 5.41. The number of ketones is 1. The minimum atomic E-state index is -4.82. The first kappa shape index (κ1) is 20.0. The fraction of sp³-hybridized carbons (Fsp3) is 0.800. The van der Waals surface area contributed by atoms with Crippen LogP contribution >= 0.6 is 0 Å². The van der Waals surface area contributed by atoms with E-state index < -0.39 is 34.4 Å². The number of Topliss-reactive ketones (excluding diaryl/α,β-unsaturated/α-hetero) is 1. The number of carbonyl (C=O) groups is 3. The zero-order valence-corrected chi connectivity index (χ0v) is 15.9. The summed E-state index contributed by atoms with van der Waals surface area (Å²) >= 11 is 0. The Morgan fingerprint density at radius 2 is 1.89 bits per heavy atom. The van der Waals surface area contributed by atoms with E-state index in [0.717, 1.165) is 25.9 Å². The number of fused-ring (bicyclic) bond motifs is 2. The van der Waals surface area contributed by atoms with E-state index in [0.29, 0.717) is 17.9 Å². The summed E-state index contributed by atoms with van der Waals surface area (Å²) < 4.78 is 34.9. The number of hydroxylamine groups is 2. The van der Waals surface area contributed by atoms with E-state index in [1.165, 1.54) is 4.90 Å². The fourth-order valence-electron chi connectivity index (χ4n) is 3.87. The van der Waals surface area contributed by atoms with Crippen molar-refractivity contribution in [2.75, 3.05) is 33.2 Å². The van der Waals surface area contributed by atoms with E-state index >= 15 is 0 Å². The van der Waals surface area contributed by atoms with Crippen LogP contribution in [-0.4, -0.2) is 90.9 Å². The molecule has 152 valence electrons. The molecule has 3 rings (SSSR count). The van der Waals surface area contributed by atoms with Crippen LogP contribution in [0.3, 0.4) is 0 Å². The molecule has 2 atom stereocenters. The molecule has 0 aromatic heterocycles. The lowest BCUT2D eigenvalue weighted by molar-refractivity contribution is -0.130. The maximum absolute atomic E-state index is 12.5. The highest BCUT2D eigenvalue weighted by molar-refractivity contribution is 7.80. The molecule has 11 nitrogen and oxygen atoms in total. The van der Waals surface area contributed by atoms with Gasteiger partial charge in [0.2, 0.25) is 5.91 Å². The second-order valence-corrected chi connectivity index (χ2v) is 8.28. The molecule has 0 aromatic carbocycles. The third-order valence-corrected chi connectivity index (χ3v) is 5.76. The summed E-state index contributed by atoms with van der Waals surface area (Å²) in [4.78, 5) is 40.4. The minimum Gasteiger partial charge on any atom is -0.347 e. The summed E-state index contributed by atoms with van der Waals surface area (Å²) in [6.45, 7) is 1.73. The highest BCUT2D eigenvalue weighted by Crippen LogP contribution is 2.30. The average Bonchev–Trinajstić information content (AvgIpc) is 2.83. The van der Waals surface area contributed by atoms with Crippen LogP contribution in [-0.2, 0) is 24.3 Å². The Hall–Kier alpha value is -1.76. The number of nitrogens with zero attached hydrogens (tertiary/aromatic N) is 3. The van der Waals surface area contributed by atoms with Crippen LogP contribution in [0.25, 0.3) is 0 Å². The average molecular weight is 404 g/mol. The molecular weight excluding hydrogens is 380 g/mol. The Bertz CT molecular complexity index is 720. The molecule has 2 bridgehead atoms. The third kappa shape index (κ3) is 4.57. The molecule has 0 aromatic rings. The van der Waals surface area contributed by atoms with Crippen molar-refractivity contribution in [3.8, 4) is 0 Å². The largest absolute Gasteiger partial charge is 0.418 e. The second-order valence-electron chi connectivity index (χ2n) is 7.27. The number of carbonyl (C=O) groups excluding carboxylic acids is 3. The monoisotopic (exact) mass is 404 g/mol. The van der Waals surface area contributed by atoms with Gasteiger partial charge < -0.3 is 15.1 Å². The lowest BCUT2D eigenvalue weighted by atomic mass is 9.92. The summed E-state index contributed by atoms with van der Waals surface area (Å²) in [5.74, 6) is -0.532. The Balaban J connectivity index is 1.54. The van der Waals surface area contributed by atoms with Crippen molar-refractivity contribution in [2.24, 2.45) is 5.92 Å². The van der Waals surface area contributed by atoms with Crippen LogP contribution in [0.5, 0.6) is 0 Å². The molecular formula is C15H24N4O7S. The Kier molecular flexibility index (Phi) is 5.70. The molecule has 3 saturated heterocycles. The van der Waals surface area contributed by atoms with E-state index in [4.69, 9.17) is 4.55 Å².